The van der Waals surface area contributed by atoms with Crippen LogP contribution in [0.2, 0.25) is 0 Å². The van der Waals surface area contributed by atoms with E-state index in [4.69, 9.17) is 0 Å². The summed E-state index contributed by atoms with van der Waals surface area (Å²) in [7, 11) is 0.649. The van der Waals surface area contributed by atoms with Crippen LogP contribution in [-0.2, 0) is 16.8 Å². The summed E-state index contributed by atoms with van der Waals surface area (Å²) >= 11 is 0. The second-order valence-corrected chi connectivity index (χ2v) is 9.06. The first-order valence-electron chi connectivity index (χ1n) is 11.5. The minimum atomic E-state index is -6.32. The van der Waals surface area contributed by atoms with E-state index in [0.717, 1.165) is 24.3 Å². The van der Waals surface area contributed by atoms with Crippen molar-refractivity contribution in [2.45, 2.75) is 42.9 Å². The molecule has 3 aromatic carbocycles. The predicted molar refractivity (Wildman–Crippen MR) is 127 cm³/mol. The molecule has 0 unspecified atom stereocenters. The topological polar surface area (TPSA) is 61.4 Å². The van der Waals surface area contributed by atoms with Crippen molar-refractivity contribution in [3.8, 4) is 0 Å². The van der Waals surface area contributed by atoms with Crippen molar-refractivity contribution in [2.24, 2.45) is 0 Å². The minimum absolute atomic E-state index is 0.0310. The van der Waals surface area contributed by atoms with Crippen LogP contribution in [0.25, 0.3) is 0 Å². The number of hydrogen-bond acceptors (Lipinski definition) is 3. The van der Waals surface area contributed by atoms with E-state index in [9.17, 15) is 45.0 Å². The normalized spacial score (nSPS) is 14.9. The molecule has 0 radical (unpaired) electrons. The zero-order chi connectivity index (χ0) is 29.2. The van der Waals surface area contributed by atoms with Crippen molar-refractivity contribution in [1.29, 1.82) is 0 Å². The van der Waals surface area contributed by atoms with E-state index in [1.807, 2.05) is 0 Å². The second kappa shape index (κ2) is 10.9. The van der Waals surface area contributed by atoms with Gasteiger partial charge in [0.2, 0.25) is 5.91 Å². The Balaban J connectivity index is 2.31. The lowest BCUT2D eigenvalue weighted by Gasteiger charge is -2.41. The summed E-state index contributed by atoms with van der Waals surface area (Å²) in [6.07, 6.45) is -12.9. The van der Waals surface area contributed by atoms with Crippen molar-refractivity contribution in [1.82, 2.24) is 10.6 Å². The molecule has 4 nitrogen and oxygen atoms in total. The number of carbonyl (C=O) groups excluding carboxylic acids is 1. The second-order valence-electron chi connectivity index (χ2n) is 9.06. The molecule has 0 heterocycles. The molecular formula is C27H24F8N2O2. The zero-order valence-corrected chi connectivity index (χ0v) is 20.6. The van der Waals surface area contributed by atoms with Crippen molar-refractivity contribution >= 4 is 5.91 Å². The molecule has 3 aromatic rings. The van der Waals surface area contributed by atoms with Crippen molar-refractivity contribution < 1.29 is 45.0 Å². The van der Waals surface area contributed by atoms with Gasteiger partial charge in [0.25, 0.3) is 5.60 Å². The third-order valence-electron chi connectivity index (χ3n) is 6.35. The van der Waals surface area contributed by atoms with Gasteiger partial charge in [0.15, 0.2) is 0 Å². The van der Waals surface area contributed by atoms with E-state index in [2.05, 4.69) is 5.32 Å². The smallest absolute Gasteiger partial charge is 0.372 e. The van der Waals surface area contributed by atoms with E-state index in [1.54, 1.807) is 35.6 Å². The molecule has 3 N–H and O–H groups in total. The van der Waals surface area contributed by atoms with Crippen LogP contribution < -0.4 is 10.6 Å². The number of nitrogens with one attached hydrogen (secondary N) is 2. The Morgan fingerprint density at radius 1 is 0.821 bits per heavy atom. The summed E-state index contributed by atoms with van der Waals surface area (Å²) in [5, 5.41) is 13.9. The quantitative estimate of drug-likeness (QED) is 0.327. The van der Waals surface area contributed by atoms with Gasteiger partial charge in [0, 0.05) is 6.42 Å². The Kier molecular flexibility index (Phi) is 8.42. The average Bonchev–Trinajstić information content (AvgIpc) is 2.83. The standard InChI is InChI=1S/C27H24F8N2O2/c1-16-12-19(14-21(29)13-16)24(15-17-6-4-3-5-7-17,18-8-10-20(28)11-9-18)37-23(38)22(36-2)25(39,26(30,31)32)27(33,34)35/h3-14,22,36,39H,15H2,1-2H3,(H,37,38)/t22-,24+/m0/s1. The van der Waals surface area contributed by atoms with Gasteiger partial charge in [0.05, 0.1) is 5.54 Å². The number of aliphatic hydroxyl groups is 1. The number of rotatable bonds is 8. The lowest BCUT2D eigenvalue weighted by atomic mass is 9.76. The lowest BCUT2D eigenvalue weighted by molar-refractivity contribution is -0.373. The maximum absolute atomic E-state index is 14.6. The van der Waals surface area contributed by atoms with Gasteiger partial charge in [-0.1, -0.05) is 48.5 Å². The summed E-state index contributed by atoms with van der Waals surface area (Å²) in [5.74, 6) is -3.41. The van der Waals surface area contributed by atoms with E-state index in [0.29, 0.717) is 18.2 Å². The lowest BCUT2D eigenvalue weighted by Crippen LogP contribution is -2.72. The van der Waals surface area contributed by atoms with E-state index in [1.165, 1.54) is 25.1 Å². The maximum atomic E-state index is 14.6. The van der Waals surface area contributed by atoms with E-state index >= 15 is 0 Å². The number of likely N-dealkylation sites (N-methyl/N-ethyl adjacent to an activating group) is 1. The van der Waals surface area contributed by atoms with Gasteiger partial charge in [-0.25, -0.2) is 8.78 Å². The van der Waals surface area contributed by atoms with Gasteiger partial charge >= 0.3 is 12.4 Å². The summed E-state index contributed by atoms with van der Waals surface area (Å²) in [5.41, 5.74) is -6.73. The summed E-state index contributed by atoms with van der Waals surface area (Å²) < 4.78 is 111. The molecule has 2 atom stereocenters. The van der Waals surface area contributed by atoms with Gasteiger partial charge in [-0.2, -0.15) is 26.3 Å². The van der Waals surface area contributed by atoms with Gasteiger partial charge in [-0.15, -0.1) is 0 Å². The SMILES string of the molecule is CN[C@@H](C(=O)N[C@](Cc1ccccc1)(c1ccc(F)cc1)c1cc(C)cc(F)c1)C(O)(C(F)(F)F)C(F)(F)F. The average molecular weight is 560 g/mol. The molecule has 12 heteroatoms. The first-order chi connectivity index (χ1) is 18.0. The highest BCUT2D eigenvalue weighted by molar-refractivity contribution is 5.85. The van der Waals surface area contributed by atoms with Crippen LogP contribution in [0.1, 0.15) is 22.3 Å². The predicted octanol–water partition coefficient (Wildman–Crippen LogP) is 5.32. The summed E-state index contributed by atoms with van der Waals surface area (Å²) in [6.45, 7) is 1.49. The van der Waals surface area contributed by atoms with Crippen LogP contribution in [0.4, 0.5) is 35.1 Å². The number of carbonyl (C=O) groups is 1. The Morgan fingerprint density at radius 3 is 1.87 bits per heavy atom. The van der Waals surface area contributed by atoms with Crippen molar-refractivity contribution in [3.05, 3.63) is 107 Å². The van der Waals surface area contributed by atoms with Crippen LogP contribution in [0.5, 0.6) is 0 Å². The molecule has 3 rings (SSSR count). The monoisotopic (exact) mass is 560 g/mol. The molecule has 0 aliphatic carbocycles. The molecule has 0 aliphatic rings. The molecular weight excluding hydrogens is 536 g/mol. The first kappa shape index (κ1) is 30.0. The summed E-state index contributed by atoms with van der Waals surface area (Å²) in [6, 6.07) is 12.5. The highest BCUT2D eigenvalue weighted by atomic mass is 19.4. The minimum Gasteiger partial charge on any atom is -0.372 e. The molecule has 0 aliphatic heterocycles. The number of amides is 1. The van der Waals surface area contributed by atoms with Gasteiger partial charge in [-0.05, 0) is 60.5 Å². The fourth-order valence-corrected chi connectivity index (χ4v) is 4.48. The molecule has 0 fully saturated rings. The Hall–Kier alpha value is -3.51. The Labute approximate surface area is 218 Å². The van der Waals surface area contributed by atoms with Crippen LogP contribution in [-0.4, -0.2) is 42.1 Å². The Bertz CT molecular complexity index is 1260. The molecule has 1 amide bonds. The molecule has 0 saturated carbocycles. The highest BCUT2D eigenvalue weighted by Gasteiger charge is 2.75. The van der Waals surface area contributed by atoms with E-state index in [-0.39, 0.29) is 17.5 Å². The highest BCUT2D eigenvalue weighted by Crippen LogP contribution is 2.46. The molecule has 0 spiro atoms. The number of halogens is 8. The van der Waals surface area contributed by atoms with Crippen LogP contribution >= 0.6 is 0 Å². The van der Waals surface area contributed by atoms with Crippen molar-refractivity contribution in [2.75, 3.05) is 7.05 Å². The number of alkyl halides is 6. The third-order valence-corrected chi connectivity index (χ3v) is 6.35. The first-order valence-corrected chi connectivity index (χ1v) is 11.5. The van der Waals surface area contributed by atoms with Gasteiger partial charge in [-0.3, -0.25) is 4.79 Å². The fourth-order valence-electron chi connectivity index (χ4n) is 4.48. The van der Waals surface area contributed by atoms with Crippen molar-refractivity contribution in [3.63, 3.8) is 0 Å². The molecule has 210 valence electrons. The third kappa shape index (κ3) is 5.91. The number of aryl methyl sites for hydroxylation is 1. The van der Waals surface area contributed by atoms with E-state index < -0.39 is 47.1 Å². The number of hydrogen-bond donors (Lipinski definition) is 3. The zero-order valence-electron chi connectivity index (χ0n) is 20.6. The number of benzene rings is 3. The van der Waals surface area contributed by atoms with Gasteiger partial charge < -0.3 is 15.7 Å². The van der Waals surface area contributed by atoms with Crippen LogP contribution in [0.3, 0.4) is 0 Å². The van der Waals surface area contributed by atoms with Crippen LogP contribution in [0, 0.1) is 18.6 Å². The molecule has 0 bridgehead atoms. The van der Waals surface area contributed by atoms with Crippen LogP contribution in [0.15, 0.2) is 72.8 Å². The molecule has 39 heavy (non-hydrogen) atoms. The Morgan fingerprint density at radius 2 is 1.38 bits per heavy atom. The fraction of sp³-hybridized carbons (Fsp3) is 0.296. The molecule has 0 aromatic heterocycles. The summed E-state index contributed by atoms with van der Waals surface area (Å²) in [4.78, 5) is 13.4. The largest absolute Gasteiger partial charge is 0.428 e. The maximum Gasteiger partial charge on any atom is 0.428 e. The van der Waals surface area contributed by atoms with Gasteiger partial charge in [0.1, 0.15) is 17.7 Å². The molecule has 0 saturated heterocycles.